The summed E-state index contributed by atoms with van der Waals surface area (Å²) < 4.78 is 37.6. The van der Waals surface area contributed by atoms with Gasteiger partial charge in [0.25, 0.3) is 0 Å². The molecule has 1 aliphatic carbocycles. The van der Waals surface area contributed by atoms with Gasteiger partial charge in [0, 0.05) is 13.1 Å². The Kier molecular flexibility index (Phi) is 4.31. The highest BCUT2D eigenvalue weighted by atomic mass is 19.4. The molecule has 0 bridgehead atoms. The second-order valence-corrected chi connectivity index (χ2v) is 8.29. The number of amides is 1. The average Bonchev–Trinajstić information content (AvgIpc) is 3.26. The number of fused-ring (bicyclic) bond motifs is 1. The van der Waals surface area contributed by atoms with Gasteiger partial charge in [0.15, 0.2) is 5.69 Å². The molecule has 6 nitrogen and oxygen atoms in total. The molecule has 2 fully saturated rings. The molecule has 1 aromatic heterocycles. The number of rotatable bonds is 3. The van der Waals surface area contributed by atoms with Gasteiger partial charge in [-0.2, -0.15) is 13.2 Å². The highest BCUT2D eigenvalue weighted by Crippen LogP contribution is 2.67. The van der Waals surface area contributed by atoms with Crippen LogP contribution in [0.1, 0.15) is 39.3 Å². The smallest absolute Gasteiger partial charge is 0.435 e. The van der Waals surface area contributed by atoms with Gasteiger partial charge in [-0.05, 0) is 41.7 Å². The summed E-state index contributed by atoms with van der Waals surface area (Å²) in [5, 5.41) is 19.2. The predicted octanol–water partition coefficient (Wildman–Crippen LogP) is 3.71. The molecule has 26 heavy (non-hydrogen) atoms. The second-order valence-electron chi connectivity index (χ2n) is 8.29. The number of hydrogen-bond acceptors (Lipinski definition) is 4. The number of halogens is 3. The maximum Gasteiger partial charge on any atom is 0.435 e. The SMILES string of the molecule is CC(C)(C)[C@@]12C[C@@H]1C[C@@H](CNc1ccc(C(F)(F)F)nn1)N(C(=O)O)C2. The molecular formula is C17H23F3N4O2. The topological polar surface area (TPSA) is 78.4 Å². The third kappa shape index (κ3) is 3.31. The van der Waals surface area contributed by atoms with Gasteiger partial charge in [-0.15, -0.1) is 10.2 Å². The van der Waals surface area contributed by atoms with E-state index >= 15 is 0 Å². The quantitative estimate of drug-likeness (QED) is 0.846. The monoisotopic (exact) mass is 372 g/mol. The fourth-order valence-corrected chi connectivity index (χ4v) is 4.15. The molecule has 1 aliphatic heterocycles. The molecule has 2 aliphatic rings. The summed E-state index contributed by atoms with van der Waals surface area (Å²) in [4.78, 5) is 13.2. The molecule has 1 saturated carbocycles. The zero-order valence-electron chi connectivity index (χ0n) is 15.0. The fraction of sp³-hybridized carbons (Fsp3) is 0.706. The van der Waals surface area contributed by atoms with Gasteiger partial charge in [0.2, 0.25) is 0 Å². The van der Waals surface area contributed by atoms with E-state index in [0.29, 0.717) is 19.0 Å². The molecule has 0 radical (unpaired) electrons. The van der Waals surface area contributed by atoms with Crippen molar-refractivity contribution in [1.82, 2.24) is 15.1 Å². The molecule has 1 amide bonds. The highest BCUT2D eigenvalue weighted by Gasteiger charge is 2.64. The van der Waals surface area contributed by atoms with Crippen molar-refractivity contribution in [2.75, 3.05) is 18.4 Å². The number of alkyl halides is 3. The van der Waals surface area contributed by atoms with E-state index in [-0.39, 0.29) is 22.7 Å². The summed E-state index contributed by atoms with van der Waals surface area (Å²) in [6, 6.07) is 1.83. The van der Waals surface area contributed by atoms with Gasteiger partial charge in [-0.1, -0.05) is 20.8 Å². The van der Waals surface area contributed by atoms with E-state index in [1.54, 1.807) is 0 Å². The van der Waals surface area contributed by atoms with Crippen molar-refractivity contribution in [3.8, 4) is 0 Å². The number of carboxylic acid groups (broad SMARTS) is 1. The van der Waals surface area contributed by atoms with Crippen molar-refractivity contribution in [1.29, 1.82) is 0 Å². The maximum absolute atomic E-state index is 12.5. The summed E-state index contributed by atoms with van der Waals surface area (Å²) in [5.41, 5.74) is -1.00. The maximum atomic E-state index is 12.5. The Labute approximate surface area is 149 Å². The third-order valence-corrected chi connectivity index (χ3v) is 5.90. The van der Waals surface area contributed by atoms with E-state index in [1.165, 1.54) is 11.0 Å². The van der Waals surface area contributed by atoms with Crippen LogP contribution < -0.4 is 5.32 Å². The van der Waals surface area contributed by atoms with Crippen LogP contribution in [0.25, 0.3) is 0 Å². The van der Waals surface area contributed by atoms with Crippen LogP contribution in [0.4, 0.5) is 23.8 Å². The van der Waals surface area contributed by atoms with E-state index in [4.69, 9.17) is 0 Å². The van der Waals surface area contributed by atoms with Crippen molar-refractivity contribution in [2.45, 2.75) is 45.8 Å². The molecule has 144 valence electrons. The van der Waals surface area contributed by atoms with Crippen LogP contribution in [0.3, 0.4) is 0 Å². The van der Waals surface area contributed by atoms with Gasteiger partial charge >= 0.3 is 12.3 Å². The summed E-state index contributed by atoms with van der Waals surface area (Å²) in [7, 11) is 0. The van der Waals surface area contributed by atoms with E-state index in [1.807, 2.05) is 0 Å². The number of hydrogen-bond donors (Lipinski definition) is 2. The van der Waals surface area contributed by atoms with Crippen LogP contribution in [-0.4, -0.2) is 45.4 Å². The highest BCUT2D eigenvalue weighted by molar-refractivity contribution is 5.66. The molecular weight excluding hydrogens is 349 g/mol. The summed E-state index contributed by atoms with van der Waals surface area (Å²) >= 11 is 0. The minimum absolute atomic E-state index is 0.0239. The number of likely N-dealkylation sites (tertiary alicyclic amines) is 1. The molecule has 1 aromatic rings. The zero-order chi connectivity index (χ0) is 19.3. The van der Waals surface area contributed by atoms with Crippen LogP contribution in [0.2, 0.25) is 0 Å². The van der Waals surface area contributed by atoms with Crippen LogP contribution >= 0.6 is 0 Å². The van der Waals surface area contributed by atoms with Crippen molar-refractivity contribution < 1.29 is 23.1 Å². The number of nitrogens with one attached hydrogen (secondary N) is 1. The van der Waals surface area contributed by atoms with E-state index in [9.17, 15) is 23.1 Å². The Morgan fingerprint density at radius 2 is 2.04 bits per heavy atom. The predicted molar refractivity (Wildman–Crippen MR) is 88.7 cm³/mol. The zero-order valence-corrected chi connectivity index (χ0v) is 15.0. The number of piperidine rings is 1. The molecule has 3 atom stereocenters. The minimum Gasteiger partial charge on any atom is -0.465 e. The molecule has 0 aromatic carbocycles. The molecule has 3 rings (SSSR count). The number of nitrogens with zero attached hydrogens (tertiary/aromatic N) is 3. The summed E-state index contributed by atoms with van der Waals surface area (Å²) in [6.07, 6.45) is -3.75. The molecule has 9 heteroatoms. The van der Waals surface area contributed by atoms with Crippen molar-refractivity contribution in [3.63, 3.8) is 0 Å². The third-order valence-electron chi connectivity index (χ3n) is 5.90. The number of aromatic nitrogens is 2. The fourth-order valence-electron chi connectivity index (χ4n) is 4.15. The van der Waals surface area contributed by atoms with Crippen molar-refractivity contribution >= 4 is 11.9 Å². The first-order valence-electron chi connectivity index (χ1n) is 8.58. The minimum atomic E-state index is -4.53. The summed E-state index contributed by atoms with van der Waals surface area (Å²) in [5.74, 6) is 0.676. The lowest BCUT2D eigenvalue weighted by Crippen LogP contribution is -2.52. The van der Waals surface area contributed by atoms with Gasteiger partial charge < -0.3 is 15.3 Å². The molecule has 2 N–H and O–H groups in total. The Bertz CT molecular complexity index is 687. The largest absolute Gasteiger partial charge is 0.465 e. The lowest BCUT2D eigenvalue weighted by atomic mass is 9.73. The number of anilines is 1. The molecule has 2 heterocycles. The first-order chi connectivity index (χ1) is 11.9. The summed E-state index contributed by atoms with van der Waals surface area (Å²) in [6.45, 7) is 7.21. The Morgan fingerprint density at radius 1 is 1.35 bits per heavy atom. The first kappa shape index (κ1) is 18.7. The van der Waals surface area contributed by atoms with E-state index in [2.05, 4.69) is 36.3 Å². The second kappa shape index (κ2) is 5.99. The van der Waals surface area contributed by atoms with Crippen LogP contribution in [0, 0.1) is 16.7 Å². The van der Waals surface area contributed by atoms with Gasteiger partial charge in [-0.3, -0.25) is 0 Å². The number of carbonyl (C=O) groups is 1. The molecule has 1 saturated heterocycles. The first-order valence-corrected chi connectivity index (χ1v) is 8.58. The normalized spacial score (nSPS) is 28.5. The average molecular weight is 372 g/mol. The van der Waals surface area contributed by atoms with Crippen LogP contribution in [0.15, 0.2) is 12.1 Å². The van der Waals surface area contributed by atoms with Crippen LogP contribution in [0.5, 0.6) is 0 Å². The Balaban J connectivity index is 1.66. The van der Waals surface area contributed by atoms with Gasteiger partial charge in [0.1, 0.15) is 5.82 Å². The van der Waals surface area contributed by atoms with Gasteiger partial charge in [-0.25, -0.2) is 4.79 Å². The lowest BCUT2D eigenvalue weighted by Gasteiger charge is -2.43. The van der Waals surface area contributed by atoms with E-state index < -0.39 is 18.0 Å². The standard InChI is InChI=1S/C17H23F3N4O2/c1-15(2,3)16-7-10(16)6-11(24(9-16)14(25)26)8-21-13-5-4-12(22-23-13)17(18,19)20/h4-5,10-11H,6-9H2,1-3H3,(H,21,23)(H,25,26)/t10-,11-,16+/m0/s1. The van der Waals surface area contributed by atoms with Crippen molar-refractivity contribution in [3.05, 3.63) is 17.8 Å². The molecule has 0 spiro atoms. The Hall–Kier alpha value is -2.06. The van der Waals surface area contributed by atoms with E-state index in [0.717, 1.165) is 18.9 Å². The Morgan fingerprint density at radius 3 is 2.54 bits per heavy atom. The van der Waals surface area contributed by atoms with Crippen molar-refractivity contribution in [2.24, 2.45) is 16.7 Å². The molecule has 0 unspecified atom stereocenters. The lowest BCUT2D eigenvalue weighted by molar-refractivity contribution is -0.141. The van der Waals surface area contributed by atoms with Gasteiger partial charge in [0.05, 0.1) is 6.04 Å². The van der Waals surface area contributed by atoms with Crippen LogP contribution in [-0.2, 0) is 6.18 Å².